The molecule has 0 unspecified atom stereocenters. The van der Waals surface area contributed by atoms with Crippen LogP contribution in [0.2, 0.25) is 0 Å². The molecular formula is C8H8N4O4S3. The molecule has 0 radical (unpaired) electrons. The maximum Gasteiger partial charge on any atom is 0.304 e. The highest BCUT2D eigenvalue weighted by Gasteiger charge is 2.24. The molecule has 0 aliphatic rings. The molecule has 0 aliphatic carbocycles. The molecule has 0 fully saturated rings. The number of rotatable bonds is 5. The van der Waals surface area contributed by atoms with E-state index in [-0.39, 0.29) is 15.8 Å². The molecule has 0 amide bonds. The van der Waals surface area contributed by atoms with Crippen LogP contribution in [0, 0.1) is 10.1 Å². The third-order valence-corrected chi connectivity index (χ3v) is 5.57. The summed E-state index contributed by atoms with van der Waals surface area (Å²) in [5, 5.41) is 12.2. The maximum atomic E-state index is 11.9. The lowest BCUT2D eigenvalue weighted by Gasteiger charge is -2.01. The molecular weight excluding hydrogens is 312 g/mol. The number of nitrogens with two attached hydrogens (primary N) is 1. The lowest BCUT2D eigenvalue weighted by Crippen LogP contribution is -2.22. The van der Waals surface area contributed by atoms with Crippen LogP contribution in [0.1, 0.15) is 5.69 Å². The number of sulfonamides is 1. The summed E-state index contributed by atoms with van der Waals surface area (Å²) in [6.07, 6.45) is 0. The SMILES string of the molecule is Nc1sc(S(=O)(=O)NCc2cscn2)cc1[N+](=O)[O-]. The van der Waals surface area contributed by atoms with Gasteiger partial charge >= 0.3 is 5.69 Å². The van der Waals surface area contributed by atoms with Gasteiger partial charge in [0.25, 0.3) is 10.0 Å². The summed E-state index contributed by atoms with van der Waals surface area (Å²) in [6.45, 7) is 0.0252. The number of hydrogen-bond donors (Lipinski definition) is 2. The zero-order chi connectivity index (χ0) is 14.0. The van der Waals surface area contributed by atoms with E-state index < -0.39 is 20.6 Å². The van der Waals surface area contributed by atoms with E-state index in [2.05, 4.69) is 9.71 Å². The Bertz CT molecular complexity index is 692. The summed E-state index contributed by atoms with van der Waals surface area (Å²) < 4.78 is 25.9. The van der Waals surface area contributed by atoms with Gasteiger partial charge in [0.2, 0.25) is 0 Å². The summed E-state index contributed by atoms with van der Waals surface area (Å²) in [6, 6.07) is 0.948. The van der Waals surface area contributed by atoms with Gasteiger partial charge in [0.05, 0.1) is 22.7 Å². The fraction of sp³-hybridized carbons (Fsp3) is 0.125. The molecule has 102 valence electrons. The first-order valence-corrected chi connectivity index (χ1v) is 8.05. The molecule has 3 N–H and O–H groups in total. The zero-order valence-corrected chi connectivity index (χ0v) is 11.7. The Labute approximate surface area is 116 Å². The van der Waals surface area contributed by atoms with Gasteiger partial charge in [0.15, 0.2) is 5.00 Å². The molecule has 0 aliphatic heterocycles. The molecule has 0 atom stereocenters. The topological polar surface area (TPSA) is 128 Å². The summed E-state index contributed by atoms with van der Waals surface area (Å²) in [5.41, 5.74) is 7.16. The van der Waals surface area contributed by atoms with Crippen LogP contribution in [0.3, 0.4) is 0 Å². The van der Waals surface area contributed by atoms with Crippen LogP contribution < -0.4 is 10.5 Å². The number of nitrogen functional groups attached to an aromatic ring is 1. The van der Waals surface area contributed by atoms with Crippen LogP contribution in [-0.2, 0) is 16.6 Å². The number of anilines is 1. The van der Waals surface area contributed by atoms with Crippen LogP contribution in [0.15, 0.2) is 21.2 Å². The Balaban J connectivity index is 2.20. The second-order valence-electron chi connectivity index (χ2n) is 3.38. The molecule has 19 heavy (non-hydrogen) atoms. The van der Waals surface area contributed by atoms with Gasteiger partial charge in [0, 0.05) is 11.4 Å². The van der Waals surface area contributed by atoms with Crippen LogP contribution in [0.4, 0.5) is 10.7 Å². The van der Waals surface area contributed by atoms with Crippen LogP contribution in [0.5, 0.6) is 0 Å². The van der Waals surface area contributed by atoms with Crippen molar-refractivity contribution < 1.29 is 13.3 Å². The summed E-state index contributed by atoms with van der Waals surface area (Å²) in [4.78, 5) is 13.8. The minimum absolute atomic E-state index is 0.0252. The monoisotopic (exact) mass is 320 g/mol. The average Bonchev–Trinajstić information content (AvgIpc) is 2.95. The standard InChI is InChI=1S/C8H8N4O4S3/c9-8-6(12(13)14)1-7(18-8)19(15,16)11-2-5-3-17-4-10-5/h1,3-4,11H,2,9H2. The van der Waals surface area contributed by atoms with Gasteiger partial charge in [-0.15, -0.1) is 11.3 Å². The minimum Gasteiger partial charge on any atom is -0.385 e. The summed E-state index contributed by atoms with van der Waals surface area (Å²) in [5.74, 6) is 0. The van der Waals surface area contributed by atoms with Crippen molar-refractivity contribution in [2.45, 2.75) is 10.8 Å². The number of aromatic nitrogens is 1. The van der Waals surface area contributed by atoms with Crippen molar-refractivity contribution in [1.82, 2.24) is 9.71 Å². The van der Waals surface area contributed by atoms with Crippen molar-refractivity contribution >= 4 is 43.4 Å². The zero-order valence-electron chi connectivity index (χ0n) is 9.27. The van der Waals surface area contributed by atoms with E-state index >= 15 is 0 Å². The van der Waals surface area contributed by atoms with Crippen molar-refractivity contribution in [3.8, 4) is 0 Å². The third kappa shape index (κ3) is 3.07. The third-order valence-electron chi connectivity index (χ3n) is 2.11. The fourth-order valence-corrected chi connectivity index (χ4v) is 4.03. The number of nitrogens with one attached hydrogen (secondary N) is 1. The van der Waals surface area contributed by atoms with Gasteiger partial charge < -0.3 is 5.73 Å². The molecule has 0 aromatic carbocycles. The number of thiazole rings is 1. The van der Waals surface area contributed by atoms with Crippen LogP contribution >= 0.6 is 22.7 Å². The fourth-order valence-electron chi connectivity index (χ4n) is 1.21. The number of nitro groups is 1. The van der Waals surface area contributed by atoms with E-state index in [1.54, 1.807) is 10.9 Å². The second-order valence-corrected chi connectivity index (χ2v) is 7.17. The van der Waals surface area contributed by atoms with E-state index in [0.29, 0.717) is 17.0 Å². The Morgan fingerprint density at radius 3 is 2.79 bits per heavy atom. The molecule has 0 saturated carbocycles. The highest BCUT2D eigenvalue weighted by atomic mass is 32.2. The Morgan fingerprint density at radius 1 is 1.53 bits per heavy atom. The normalized spacial score (nSPS) is 11.6. The quantitative estimate of drug-likeness (QED) is 0.628. The molecule has 0 bridgehead atoms. The Kier molecular flexibility index (Phi) is 3.80. The first kappa shape index (κ1) is 13.9. The van der Waals surface area contributed by atoms with Gasteiger partial charge in [-0.2, -0.15) is 0 Å². The summed E-state index contributed by atoms with van der Waals surface area (Å²) >= 11 is 2.00. The molecule has 11 heteroatoms. The van der Waals surface area contributed by atoms with Crippen LogP contribution in [0.25, 0.3) is 0 Å². The van der Waals surface area contributed by atoms with Gasteiger partial charge in [-0.1, -0.05) is 11.3 Å². The number of nitrogens with zero attached hydrogens (tertiary/aromatic N) is 2. The number of hydrogen-bond acceptors (Lipinski definition) is 8. The molecule has 8 nitrogen and oxygen atoms in total. The minimum atomic E-state index is -3.82. The first-order valence-electron chi connectivity index (χ1n) is 4.80. The molecule has 2 heterocycles. The van der Waals surface area contributed by atoms with Crippen molar-refractivity contribution in [2.24, 2.45) is 0 Å². The van der Waals surface area contributed by atoms with E-state index in [1.165, 1.54) is 11.3 Å². The average molecular weight is 320 g/mol. The van der Waals surface area contributed by atoms with E-state index in [1.807, 2.05) is 0 Å². The first-order chi connectivity index (χ1) is 8.90. The van der Waals surface area contributed by atoms with Crippen molar-refractivity contribution in [2.75, 3.05) is 5.73 Å². The molecule has 2 rings (SSSR count). The highest BCUT2D eigenvalue weighted by Crippen LogP contribution is 2.34. The highest BCUT2D eigenvalue weighted by molar-refractivity contribution is 7.91. The second kappa shape index (κ2) is 5.21. The van der Waals surface area contributed by atoms with Gasteiger partial charge in [-0.25, -0.2) is 18.1 Å². The lowest BCUT2D eigenvalue weighted by atomic mass is 10.5. The Hall–Kier alpha value is -1.56. The van der Waals surface area contributed by atoms with Gasteiger partial charge in [0.1, 0.15) is 4.21 Å². The summed E-state index contributed by atoms with van der Waals surface area (Å²) in [7, 11) is -3.82. The smallest absolute Gasteiger partial charge is 0.304 e. The van der Waals surface area contributed by atoms with Gasteiger partial charge in [-0.05, 0) is 0 Å². The van der Waals surface area contributed by atoms with E-state index in [9.17, 15) is 18.5 Å². The van der Waals surface area contributed by atoms with Crippen LogP contribution in [-0.4, -0.2) is 18.3 Å². The predicted molar refractivity (Wildman–Crippen MR) is 71.5 cm³/mol. The largest absolute Gasteiger partial charge is 0.385 e. The number of thiophene rings is 1. The Morgan fingerprint density at radius 2 is 2.26 bits per heavy atom. The molecule has 2 aromatic heterocycles. The molecule has 2 aromatic rings. The predicted octanol–water partition coefficient (Wildman–Crippen LogP) is 1.17. The van der Waals surface area contributed by atoms with Gasteiger partial charge in [-0.3, -0.25) is 10.1 Å². The van der Waals surface area contributed by atoms with Crippen molar-refractivity contribution in [3.63, 3.8) is 0 Å². The van der Waals surface area contributed by atoms with E-state index in [0.717, 1.165) is 6.07 Å². The molecule has 0 saturated heterocycles. The maximum absolute atomic E-state index is 11.9. The van der Waals surface area contributed by atoms with E-state index in [4.69, 9.17) is 5.73 Å². The van der Waals surface area contributed by atoms with Crippen molar-refractivity contribution in [1.29, 1.82) is 0 Å². The lowest BCUT2D eigenvalue weighted by molar-refractivity contribution is -0.383. The molecule has 0 spiro atoms. The van der Waals surface area contributed by atoms with Crippen molar-refractivity contribution in [3.05, 3.63) is 32.8 Å².